The van der Waals surface area contributed by atoms with Crippen molar-refractivity contribution >= 4 is 17.7 Å². The Labute approximate surface area is 152 Å². The molecule has 144 valence electrons. The summed E-state index contributed by atoms with van der Waals surface area (Å²) in [6.07, 6.45) is 0.212. The zero-order chi connectivity index (χ0) is 20.4. The zero-order valence-electron chi connectivity index (χ0n) is 17.5. The number of hydrogen-bond acceptors (Lipinski definition) is 5. The molecule has 0 aromatic carbocycles. The topological polar surface area (TPSA) is 69.7 Å². The first-order chi connectivity index (χ1) is 10.9. The van der Waals surface area contributed by atoms with Crippen LogP contribution >= 0.6 is 0 Å². The van der Waals surface area contributed by atoms with E-state index in [1.807, 2.05) is 13.8 Å². The molecule has 0 saturated heterocycles. The Balaban J connectivity index is 5.53. The third kappa shape index (κ3) is 4.71. The lowest BCUT2D eigenvalue weighted by Gasteiger charge is -2.44. The van der Waals surface area contributed by atoms with Crippen molar-refractivity contribution in [1.29, 1.82) is 0 Å². The molecule has 25 heavy (non-hydrogen) atoms. The lowest BCUT2D eigenvalue weighted by Crippen LogP contribution is -2.51. The molecule has 0 atom stereocenters. The molecule has 0 bridgehead atoms. The first kappa shape index (κ1) is 23.4. The van der Waals surface area contributed by atoms with E-state index in [9.17, 15) is 14.4 Å². The number of ether oxygens (including phenoxy) is 2. The summed E-state index contributed by atoms with van der Waals surface area (Å²) in [5, 5.41) is 0. The molecule has 5 nitrogen and oxygen atoms in total. The van der Waals surface area contributed by atoms with Crippen molar-refractivity contribution in [2.45, 2.75) is 74.3 Å². The van der Waals surface area contributed by atoms with E-state index in [0.717, 1.165) is 0 Å². The third-order valence-electron chi connectivity index (χ3n) is 5.82. The van der Waals surface area contributed by atoms with Gasteiger partial charge in [0, 0.05) is 11.8 Å². The van der Waals surface area contributed by atoms with Crippen LogP contribution < -0.4 is 0 Å². The van der Waals surface area contributed by atoms with Gasteiger partial charge in [-0.15, -0.1) is 0 Å². The highest BCUT2D eigenvalue weighted by Crippen LogP contribution is 2.44. The molecule has 0 unspecified atom stereocenters. The zero-order valence-corrected chi connectivity index (χ0v) is 17.5. The Hall–Kier alpha value is -1.65. The molecule has 0 heterocycles. The molecular weight excluding hydrogens is 320 g/mol. The van der Waals surface area contributed by atoms with Crippen LogP contribution in [0.2, 0.25) is 0 Å². The van der Waals surface area contributed by atoms with Gasteiger partial charge in [0.2, 0.25) is 0 Å². The van der Waals surface area contributed by atoms with Crippen LogP contribution in [0.4, 0.5) is 0 Å². The highest BCUT2D eigenvalue weighted by atomic mass is 16.6. The molecule has 0 aromatic rings. The third-order valence-corrected chi connectivity index (χ3v) is 5.82. The second kappa shape index (κ2) is 7.30. The predicted octanol–water partition coefficient (Wildman–Crippen LogP) is 4.10. The minimum absolute atomic E-state index is 0.0664. The van der Waals surface area contributed by atoms with Gasteiger partial charge >= 0.3 is 11.9 Å². The molecule has 0 saturated carbocycles. The number of methoxy groups -OCH3 is 1. The summed E-state index contributed by atoms with van der Waals surface area (Å²) in [7, 11) is 1.29. The van der Waals surface area contributed by atoms with E-state index in [0.29, 0.717) is 5.57 Å². The van der Waals surface area contributed by atoms with Crippen LogP contribution in [-0.4, -0.2) is 30.4 Å². The largest absolute Gasteiger partial charge is 0.469 e. The van der Waals surface area contributed by atoms with Crippen LogP contribution in [0.3, 0.4) is 0 Å². The fraction of sp³-hybridized carbons (Fsp3) is 0.750. The van der Waals surface area contributed by atoms with E-state index in [1.165, 1.54) is 7.11 Å². The van der Waals surface area contributed by atoms with E-state index in [-0.39, 0.29) is 12.2 Å². The van der Waals surface area contributed by atoms with Crippen LogP contribution in [0.15, 0.2) is 12.2 Å². The Morgan fingerprint density at radius 1 is 0.840 bits per heavy atom. The smallest absolute Gasteiger partial charge is 0.313 e. The molecule has 5 heteroatoms. The summed E-state index contributed by atoms with van der Waals surface area (Å²) in [6, 6.07) is 0. The van der Waals surface area contributed by atoms with E-state index in [2.05, 4.69) is 6.58 Å². The fourth-order valence-corrected chi connectivity index (χ4v) is 2.03. The van der Waals surface area contributed by atoms with Gasteiger partial charge in [0.05, 0.1) is 17.9 Å². The fourth-order valence-electron chi connectivity index (χ4n) is 2.03. The van der Waals surface area contributed by atoms with E-state index in [1.54, 1.807) is 48.5 Å². The SMILES string of the molecule is C=C(C)C(=O)CC(C)(C)C(C)(C)OC(=O)C(C)(C)C(C)(C)C(=O)OC. The molecule has 0 amide bonds. The van der Waals surface area contributed by atoms with Crippen LogP contribution in [0.25, 0.3) is 0 Å². The molecule has 0 aliphatic carbocycles. The number of ketones is 1. The van der Waals surface area contributed by atoms with Gasteiger partial charge < -0.3 is 9.47 Å². The van der Waals surface area contributed by atoms with Gasteiger partial charge in [0.25, 0.3) is 0 Å². The summed E-state index contributed by atoms with van der Waals surface area (Å²) in [5.41, 5.74) is -3.22. The quantitative estimate of drug-likeness (QED) is 0.485. The molecule has 0 N–H and O–H groups in total. The van der Waals surface area contributed by atoms with Gasteiger partial charge in [-0.3, -0.25) is 14.4 Å². The van der Waals surface area contributed by atoms with E-state index < -0.39 is 33.8 Å². The van der Waals surface area contributed by atoms with Crippen LogP contribution in [0, 0.1) is 16.2 Å². The number of Topliss-reactive ketones (excluding diaryl/α,β-unsaturated/α-hetero) is 1. The van der Waals surface area contributed by atoms with Crippen molar-refractivity contribution in [3.8, 4) is 0 Å². The average molecular weight is 354 g/mol. The maximum Gasteiger partial charge on any atom is 0.313 e. The average Bonchev–Trinajstić information content (AvgIpc) is 2.44. The van der Waals surface area contributed by atoms with E-state index in [4.69, 9.17) is 9.47 Å². The first-order valence-corrected chi connectivity index (χ1v) is 8.44. The second-order valence-corrected chi connectivity index (χ2v) is 8.91. The van der Waals surface area contributed by atoms with Crippen molar-refractivity contribution in [2.24, 2.45) is 16.2 Å². The van der Waals surface area contributed by atoms with Gasteiger partial charge in [-0.2, -0.15) is 0 Å². The van der Waals surface area contributed by atoms with Crippen molar-refractivity contribution in [1.82, 2.24) is 0 Å². The number of hydrogen-bond donors (Lipinski definition) is 0. The number of allylic oxidation sites excluding steroid dienone is 1. The predicted molar refractivity (Wildman–Crippen MR) is 98.0 cm³/mol. The van der Waals surface area contributed by atoms with Crippen molar-refractivity contribution < 1.29 is 23.9 Å². The first-order valence-electron chi connectivity index (χ1n) is 8.44. The van der Waals surface area contributed by atoms with Gasteiger partial charge in [-0.05, 0) is 54.0 Å². The van der Waals surface area contributed by atoms with Crippen molar-refractivity contribution in [3.05, 3.63) is 12.2 Å². The Bertz CT molecular complexity index is 565. The monoisotopic (exact) mass is 354 g/mol. The van der Waals surface area contributed by atoms with Gasteiger partial charge in [0.15, 0.2) is 5.78 Å². The number of carbonyl (C=O) groups is 3. The summed E-state index contributed by atoms with van der Waals surface area (Å²) >= 11 is 0. The minimum Gasteiger partial charge on any atom is -0.469 e. The van der Waals surface area contributed by atoms with Crippen molar-refractivity contribution in [2.75, 3.05) is 7.11 Å². The Morgan fingerprint density at radius 2 is 1.24 bits per heavy atom. The summed E-state index contributed by atoms with van der Waals surface area (Å²) in [6.45, 7) is 19.3. The highest BCUT2D eigenvalue weighted by molar-refractivity contribution is 5.94. The standard InChI is InChI=1S/C20H34O5/c1-13(2)14(21)12-17(3,4)20(9,10)25-16(23)19(7,8)18(5,6)15(22)24-11/h1,12H2,2-11H3. The Morgan fingerprint density at radius 3 is 1.60 bits per heavy atom. The normalized spacial score (nSPS) is 13.2. The molecule has 0 radical (unpaired) electrons. The van der Waals surface area contributed by atoms with Crippen molar-refractivity contribution in [3.63, 3.8) is 0 Å². The minimum atomic E-state index is -1.11. The molecule has 0 rings (SSSR count). The lowest BCUT2D eigenvalue weighted by molar-refractivity contribution is -0.192. The van der Waals surface area contributed by atoms with Gasteiger partial charge in [-0.1, -0.05) is 20.4 Å². The number of rotatable bonds is 8. The molecule has 0 aliphatic heterocycles. The van der Waals surface area contributed by atoms with Crippen LogP contribution in [-0.2, 0) is 23.9 Å². The summed E-state index contributed by atoms with van der Waals surface area (Å²) in [5.74, 6) is -1.06. The summed E-state index contributed by atoms with van der Waals surface area (Å²) < 4.78 is 10.6. The highest BCUT2D eigenvalue weighted by Gasteiger charge is 2.53. The Kier molecular flexibility index (Phi) is 6.82. The molecule has 0 spiro atoms. The second-order valence-electron chi connectivity index (χ2n) is 8.91. The van der Waals surface area contributed by atoms with Gasteiger partial charge in [0.1, 0.15) is 5.60 Å². The maximum absolute atomic E-state index is 12.9. The molecule has 0 fully saturated rings. The maximum atomic E-state index is 12.9. The lowest BCUT2D eigenvalue weighted by atomic mass is 9.67. The number of esters is 2. The molecular formula is C20H34O5. The van der Waals surface area contributed by atoms with Crippen LogP contribution in [0.1, 0.15) is 68.7 Å². The number of carbonyl (C=O) groups excluding carboxylic acids is 3. The molecule has 0 aliphatic rings. The molecule has 0 aromatic heterocycles. The van der Waals surface area contributed by atoms with Crippen LogP contribution in [0.5, 0.6) is 0 Å². The summed E-state index contributed by atoms with van der Waals surface area (Å²) in [4.78, 5) is 37.0. The van der Waals surface area contributed by atoms with Gasteiger partial charge in [-0.25, -0.2) is 0 Å². The van der Waals surface area contributed by atoms with E-state index >= 15 is 0 Å².